The van der Waals surface area contributed by atoms with Crippen LogP contribution in [0, 0.1) is 6.92 Å². The van der Waals surface area contributed by atoms with E-state index in [0.29, 0.717) is 11.1 Å². The van der Waals surface area contributed by atoms with Crippen molar-refractivity contribution in [2.75, 3.05) is 14.2 Å². The molecule has 0 aromatic carbocycles. The Morgan fingerprint density at radius 3 is 2.44 bits per heavy atom. The largest absolute Gasteiger partial charge is 0.465 e. The molecule has 6 heteroatoms. The highest BCUT2D eigenvalue weighted by atomic mass is 16.5. The average molecular weight is 249 g/mol. The van der Waals surface area contributed by atoms with Crippen molar-refractivity contribution >= 4 is 23.0 Å². The first kappa shape index (κ1) is 12.1. The number of pyridine rings is 1. The number of hydrogen-bond donors (Lipinski definition) is 0. The van der Waals surface area contributed by atoms with E-state index in [9.17, 15) is 9.59 Å². The van der Waals surface area contributed by atoms with Gasteiger partial charge >= 0.3 is 11.9 Å². The summed E-state index contributed by atoms with van der Waals surface area (Å²) in [5.41, 5.74) is 0.212. The van der Waals surface area contributed by atoms with Gasteiger partial charge < -0.3 is 13.9 Å². The fraction of sp³-hybridized carbons (Fsp3) is 0.250. The summed E-state index contributed by atoms with van der Waals surface area (Å²) in [6, 6.07) is 3.22. The minimum Gasteiger partial charge on any atom is -0.465 e. The van der Waals surface area contributed by atoms with E-state index in [1.54, 1.807) is 13.0 Å². The second-order valence-electron chi connectivity index (χ2n) is 3.62. The van der Waals surface area contributed by atoms with Gasteiger partial charge in [-0.05, 0) is 19.1 Å². The smallest absolute Gasteiger partial charge is 0.357 e. The summed E-state index contributed by atoms with van der Waals surface area (Å²) in [7, 11) is 2.44. The molecule has 2 rings (SSSR count). The zero-order chi connectivity index (χ0) is 13.3. The molecule has 0 saturated heterocycles. The fourth-order valence-electron chi connectivity index (χ4n) is 1.62. The number of methoxy groups -OCH3 is 2. The fourth-order valence-corrected chi connectivity index (χ4v) is 1.62. The maximum Gasteiger partial charge on any atom is 0.357 e. The lowest BCUT2D eigenvalue weighted by molar-refractivity contribution is 0.0550. The van der Waals surface area contributed by atoms with Crippen LogP contribution in [-0.2, 0) is 9.47 Å². The standard InChI is InChI=1S/C12H11NO5/c1-6-4-7-5-8(11(14)16-2)9(12(15)17-3)13-10(7)18-6/h4-5H,1-3H3. The van der Waals surface area contributed by atoms with Crippen LogP contribution in [0.4, 0.5) is 0 Å². The summed E-state index contributed by atoms with van der Waals surface area (Å²) < 4.78 is 14.5. The Morgan fingerprint density at radius 1 is 1.17 bits per heavy atom. The third-order valence-electron chi connectivity index (χ3n) is 2.42. The second-order valence-corrected chi connectivity index (χ2v) is 3.62. The Labute approximate surface area is 103 Å². The van der Waals surface area contributed by atoms with E-state index in [-0.39, 0.29) is 17.0 Å². The van der Waals surface area contributed by atoms with Gasteiger partial charge in [0.15, 0.2) is 5.69 Å². The number of fused-ring (bicyclic) bond motifs is 1. The molecular formula is C12H11NO5. The monoisotopic (exact) mass is 249 g/mol. The molecule has 0 atom stereocenters. The van der Waals surface area contributed by atoms with Gasteiger partial charge in [-0.1, -0.05) is 0 Å². The van der Waals surface area contributed by atoms with E-state index in [0.717, 1.165) is 0 Å². The predicted octanol–water partition coefficient (Wildman–Crippen LogP) is 1.71. The Kier molecular flexibility index (Phi) is 3.01. The van der Waals surface area contributed by atoms with Crippen LogP contribution in [0.25, 0.3) is 11.1 Å². The molecule has 0 saturated carbocycles. The summed E-state index contributed by atoms with van der Waals surface area (Å²) >= 11 is 0. The van der Waals surface area contributed by atoms with Crippen LogP contribution in [0.5, 0.6) is 0 Å². The average Bonchev–Trinajstić information content (AvgIpc) is 2.74. The summed E-state index contributed by atoms with van der Waals surface area (Å²) in [5, 5.41) is 0.626. The van der Waals surface area contributed by atoms with Crippen LogP contribution in [0.3, 0.4) is 0 Å². The Bertz CT molecular complexity index is 576. The number of aromatic nitrogens is 1. The number of carbonyl (C=O) groups excluding carboxylic acids is 2. The van der Waals surface area contributed by atoms with Crippen molar-refractivity contribution in [3.05, 3.63) is 29.2 Å². The van der Waals surface area contributed by atoms with E-state index >= 15 is 0 Å². The molecule has 0 aliphatic carbocycles. The van der Waals surface area contributed by atoms with Crippen LogP contribution < -0.4 is 0 Å². The normalized spacial score (nSPS) is 10.4. The number of rotatable bonds is 2. The highest BCUT2D eigenvalue weighted by Crippen LogP contribution is 2.21. The zero-order valence-corrected chi connectivity index (χ0v) is 10.1. The molecule has 2 aromatic rings. The lowest BCUT2D eigenvalue weighted by Gasteiger charge is -2.04. The van der Waals surface area contributed by atoms with Crippen molar-refractivity contribution in [1.82, 2.24) is 4.98 Å². The third-order valence-corrected chi connectivity index (χ3v) is 2.42. The predicted molar refractivity (Wildman–Crippen MR) is 61.4 cm³/mol. The molecule has 2 heterocycles. The van der Waals surface area contributed by atoms with Crippen LogP contribution >= 0.6 is 0 Å². The van der Waals surface area contributed by atoms with Crippen molar-refractivity contribution in [3.8, 4) is 0 Å². The molecule has 0 radical (unpaired) electrons. The molecule has 0 fully saturated rings. The molecule has 0 spiro atoms. The number of esters is 2. The van der Waals surface area contributed by atoms with Gasteiger partial charge in [-0.25, -0.2) is 14.6 Å². The first-order valence-electron chi connectivity index (χ1n) is 5.14. The van der Waals surface area contributed by atoms with Crippen molar-refractivity contribution in [3.63, 3.8) is 0 Å². The Hall–Kier alpha value is -2.37. The molecule has 0 aliphatic heterocycles. The number of nitrogens with zero attached hydrogens (tertiary/aromatic N) is 1. The maximum atomic E-state index is 11.6. The minimum atomic E-state index is -0.716. The number of aryl methyl sites for hydroxylation is 1. The summed E-state index contributed by atoms with van der Waals surface area (Å²) in [6.45, 7) is 1.75. The second kappa shape index (κ2) is 4.48. The number of carbonyl (C=O) groups is 2. The molecule has 0 amide bonds. The maximum absolute atomic E-state index is 11.6. The summed E-state index contributed by atoms with van der Waals surface area (Å²) in [5.74, 6) is -0.731. The van der Waals surface area contributed by atoms with Crippen LogP contribution in [0.2, 0.25) is 0 Å². The number of ether oxygens (including phenoxy) is 2. The molecule has 6 nitrogen and oxygen atoms in total. The van der Waals surface area contributed by atoms with E-state index in [2.05, 4.69) is 14.5 Å². The minimum absolute atomic E-state index is 0.0534. The van der Waals surface area contributed by atoms with Crippen molar-refractivity contribution in [2.45, 2.75) is 6.92 Å². The van der Waals surface area contributed by atoms with Crippen molar-refractivity contribution < 1.29 is 23.5 Å². The van der Waals surface area contributed by atoms with Gasteiger partial charge in [-0.3, -0.25) is 0 Å². The lowest BCUT2D eigenvalue weighted by Crippen LogP contribution is -2.13. The van der Waals surface area contributed by atoms with Crippen LogP contribution in [0.15, 0.2) is 16.5 Å². The first-order chi connectivity index (χ1) is 8.56. The highest BCUT2D eigenvalue weighted by molar-refractivity contribution is 6.04. The lowest BCUT2D eigenvalue weighted by atomic mass is 10.1. The SMILES string of the molecule is COC(=O)c1cc2cc(C)oc2nc1C(=O)OC. The number of hydrogen-bond acceptors (Lipinski definition) is 6. The topological polar surface area (TPSA) is 78.6 Å². The van der Waals surface area contributed by atoms with E-state index in [4.69, 9.17) is 4.42 Å². The first-order valence-corrected chi connectivity index (χ1v) is 5.14. The molecular weight excluding hydrogens is 238 g/mol. The third kappa shape index (κ3) is 1.92. The molecule has 0 bridgehead atoms. The van der Waals surface area contributed by atoms with Crippen LogP contribution in [0.1, 0.15) is 26.6 Å². The highest BCUT2D eigenvalue weighted by Gasteiger charge is 2.22. The van der Waals surface area contributed by atoms with Crippen LogP contribution in [-0.4, -0.2) is 31.1 Å². The van der Waals surface area contributed by atoms with E-state index in [1.165, 1.54) is 20.3 Å². The van der Waals surface area contributed by atoms with Gasteiger partial charge in [0.1, 0.15) is 5.76 Å². The Morgan fingerprint density at radius 2 is 1.83 bits per heavy atom. The molecule has 2 aromatic heterocycles. The van der Waals surface area contributed by atoms with E-state index < -0.39 is 11.9 Å². The quantitative estimate of drug-likeness (QED) is 0.754. The molecule has 0 unspecified atom stereocenters. The number of furan rings is 1. The molecule has 18 heavy (non-hydrogen) atoms. The summed E-state index contributed by atoms with van der Waals surface area (Å²) in [6.07, 6.45) is 0. The van der Waals surface area contributed by atoms with Gasteiger partial charge in [0.05, 0.1) is 19.8 Å². The van der Waals surface area contributed by atoms with Gasteiger partial charge in [0.25, 0.3) is 0 Å². The van der Waals surface area contributed by atoms with E-state index in [1.807, 2.05) is 0 Å². The van der Waals surface area contributed by atoms with Gasteiger partial charge in [-0.15, -0.1) is 0 Å². The van der Waals surface area contributed by atoms with Gasteiger partial charge in [0, 0.05) is 5.39 Å². The summed E-state index contributed by atoms with van der Waals surface area (Å²) in [4.78, 5) is 27.2. The molecule has 94 valence electrons. The molecule has 0 N–H and O–H groups in total. The zero-order valence-electron chi connectivity index (χ0n) is 10.1. The molecule has 0 aliphatic rings. The van der Waals surface area contributed by atoms with Crippen molar-refractivity contribution in [2.24, 2.45) is 0 Å². The van der Waals surface area contributed by atoms with Gasteiger partial charge in [-0.2, -0.15) is 0 Å². The Balaban J connectivity index is 2.70. The van der Waals surface area contributed by atoms with Gasteiger partial charge in [0.2, 0.25) is 5.71 Å². The van der Waals surface area contributed by atoms with Crippen molar-refractivity contribution in [1.29, 1.82) is 0 Å².